The molecule has 320 valence electrons. The number of thiophene rings is 1. The third-order valence-corrected chi connectivity index (χ3v) is 19.8. The zero-order chi connectivity index (χ0) is 45.0. The van der Waals surface area contributed by atoms with Crippen molar-refractivity contribution in [2.75, 3.05) is 4.90 Å². The molecule has 0 amide bonds. The molecule has 11 aromatic carbocycles. The van der Waals surface area contributed by atoms with Crippen molar-refractivity contribution >= 4 is 110 Å². The van der Waals surface area contributed by atoms with E-state index in [9.17, 15) is 0 Å². The van der Waals surface area contributed by atoms with E-state index < -0.39 is 8.07 Å². The van der Waals surface area contributed by atoms with E-state index in [2.05, 4.69) is 276 Å². The van der Waals surface area contributed by atoms with Crippen LogP contribution in [0.4, 0.5) is 17.1 Å². The summed E-state index contributed by atoms with van der Waals surface area (Å²) in [6.07, 6.45) is 0. The van der Waals surface area contributed by atoms with Crippen molar-refractivity contribution in [2.45, 2.75) is 0 Å². The van der Waals surface area contributed by atoms with Gasteiger partial charge in [0.1, 0.15) is 0 Å². The third-order valence-electron chi connectivity index (χ3n) is 13.9. The topological polar surface area (TPSA) is 8.17 Å². The Morgan fingerprint density at radius 3 is 1.62 bits per heavy atom. The molecular formula is C64H44N2SSi. The Bertz CT molecular complexity index is 3860. The Labute approximate surface area is 400 Å². The van der Waals surface area contributed by atoms with Crippen molar-refractivity contribution in [3.05, 3.63) is 267 Å². The molecule has 0 N–H and O–H groups in total. The number of rotatable bonds is 9. The second kappa shape index (κ2) is 16.5. The predicted octanol–water partition coefficient (Wildman–Crippen LogP) is 14.8. The van der Waals surface area contributed by atoms with Gasteiger partial charge in [-0.1, -0.05) is 206 Å². The fraction of sp³-hybridized carbons (Fsp3) is 0. The number of hydrogen-bond donors (Lipinski definition) is 0. The van der Waals surface area contributed by atoms with Crippen LogP contribution < -0.4 is 25.6 Å². The lowest BCUT2D eigenvalue weighted by Gasteiger charge is -2.34. The van der Waals surface area contributed by atoms with Gasteiger partial charge in [-0.15, -0.1) is 11.3 Å². The summed E-state index contributed by atoms with van der Waals surface area (Å²) in [7, 11) is -2.71. The maximum absolute atomic E-state index is 2.71. The lowest BCUT2D eigenvalue weighted by atomic mass is 10.0. The SMILES string of the molecule is c1ccc(-n2c3ccccc3c3c(N(c4ccc(-c5cccc([Si](c6ccccc6)(c6ccccc6)c6ccccc6)c5)cc4)c4ccc5c(c4)sc4ccc6ccccc6c45)cccc32)cc1. The molecule has 2 nitrogen and oxygen atoms in total. The van der Waals surface area contributed by atoms with Crippen molar-refractivity contribution in [2.24, 2.45) is 0 Å². The van der Waals surface area contributed by atoms with Crippen LogP contribution in [0.25, 0.3) is 69.6 Å². The highest BCUT2D eigenvalue weighted by Gasteiger charge is 2.41. The summed E-state index contributed by atoms with van der Waals surface area (Å²) in [4.78, 5) is 2.48. The third kappa shape index (κ3) is 6.45. The number of nitrogens with zero attached hydrogens (tertiary/aromatic N) is 2. The highest BCUT2D eigenvalue weighted by molar-refractivity contribution is 7.26. The molecule has 13 aromatic rings. The van der Waals surface area contributed by atoms with Gasteiger partial charge in [-0.3, -0.25) is 0 Å². The molecule has 0 aliphatic carbocycles. The van der Waals surface area contributed by atoms with E-state index in [1.54, 1.807) is 0 Å². The molecule has 0 aliphatic rings. The van der Waals surface area contributed by atoms with E-state index in [4.69, 9.17) is 0 Å². The largest absolute Gasteiger partial charge is 0.310 e. The van der Waals surface area contributed by atoms with Gasteiger partial charge in [-0.2, -0.15) is 0 Å². The van der Waals surface area contributed by atoms with Gasteiger partial charge in [0.05, 0.1) is 16.7 Å². The van der Waals surface area contributed by atoms with Crippen LogP contribution in [0, 0.1) is 0 Å². The fourth-order valence-corrected chi connectivity index (χ4v) is 16.9. The molecule has 0 bridgehead atoms. The van der Waals surface area contributed by atoms with Crippen LogP contribution in [0.5, 0.6) is 0 Å². The molecular weight excluding hydrogens is 857 g/mol. The molecule has 2 heterocycles. The van der Waals surface area contributed by atoms with E-state index in [0.717, 1.165) is 22.7 Å². The van der Waals surface area contributed by atoms with Gasteiger partial charge in [0.2, 0.25) is 0 Å². The molecule has 0 saturated carbocycles. The Kier molecular flexibility index (Phi) is 9.74. The van der Waals surface area contributed by atoms with Crippen LogP contribution in [0.1, 0.15) is 0 Å². The van der Waals surface area contributed by atoms with Crippen LogP contribution in [0.15, 0.2) is 267 Å². The summed E-state index contributed by atoms with van der Waals surface area (Å²) in [5, 5.41) is 13.1. The van der Waals surface area contributed by atoms with Gasteiger partial charge in [-0.05, 0) is 103 Å². The van der Waals surface area contributed by atoms with E-state index in [1.807, 2.05) is 11.3 Å². The number of aromatic nitrogens is 1. The van der Waals surface area contributed by atoms with Crippen LogP contribution >= 0.6 is 11.3 Å². The van der Waals surface area contributed by atoms with Gasteiger partial charge in [-0.25, -0.2) is 0 Å². The fourth-order valence-electron chi connectivity index (χ4n) is 10.9. The number of hydrogen-bond acceptors (Lipinski definition) is 2. The van der Waals surface area contributed by atoms with Gasteiger partial charge in [0.25, 0.3) is 0 Å². The Balaban J connectivity index is 0.999. The number of benzene rings is 11. The molecule has 68 heavy (non-hydrogen) atoms. The molecule has 0 aliphatic heterocycles. The number of fused-ring (bicyclic) bond motifs is 8. The zero-order valence-electron chi connectivity index (χ0n) is 37.2. The summed E-state index contributed by atoms with van der Waals surface area (Å²) in [6.45, 7) is 0. The lowest BCUT2D eigenvalue weighted by Crippen LogP contribution is -2.74. The van der Waals surface area contributed by atoms with Gasteiger partial charge in [0.15, 0.2) is 8.07 Å². The minimum absolute atomic E-state index is 1.10. The quantitative estimate of drug-likeness (QED) is 0.104. The van der Waals surface area contributed by atoms with Gasteiger partial charge >= 0.3 is 0 Å². The van der Waals surface area contributed by atoms with E-state index in [-0.39, 0.29) is 0 Å². The lowest BCUT2D eigenvalue weighted by molar-refractivity contribution is 1.18. The second-order valence-electron chi connectivity index (χ2n) is 17.6. The zero-order valence-corrected chi connectivity index (χ0v) is 39.0. The summed E-state index contributed by atoms with van der Waals surface area (Å²) in [6, 6.07) is 98.9. The molecule has 4 heteroatoms. The Morgan fingerprint density at radius 1 is 0.338 bits per heavy atom. The standard InChI is InChI=1S/C64H44N2SSi/c1-5-21-48(22-6-1)66-58-32-16-15-31-56(58)64-59(33-18-34-60(64)66)65(50-40-41-57-62(44-50)67-61-42-37-46-19-13-14-30-55(46)63(57)61)49-38-35-45(36-39-49)47-20-17-29-54(43-47)68(51-23-7-2-8-24-51,52-25-9-3-10-26-52)53-27-11-4-12-28-53/h1-44H. The van der Waals surface area contributed by atoms with Crippen molar-refractivity contribution in [3.63, 3.8) is 0 Å². The molecule has 0 saturated heterocycles. The van der Waals surface area contributed by atoms with Gasteiger partial charge in [0, 0.05) is 48.0 Å². The molecule has 0 spiro atoms. The highest BCUT2D eigenvalue weighted by Crippen LogP contribution is 2.46. The highest BCUT2D eigenvalue weighted by atomic mass is 32.1. The minimum Gasteiger partial charge on any atom is -0.310 e. The molecule has 13 rings (SSSR count). The first kappa shape index (κ1) is 40.0. The maximum atomic E-state index is 2.48. The number of para-hydroxylation sites is 2. The molecule has 0 fully saturated rings. The normalized spacial score (nSPS) is 11.8. The van der Waals surface area contributed by atoms with E-state index >= 15 is 0 Å². The van der Waals surface area contributed by atoms with Crippen LogP contribution in [0.2, 0.25) is 0 Å². The van der Waals surface area contributed by atoms with Crippen molar-refractivity contribution in [1.29, 1.82) is 0 Å². The first-order chi connectivity index (χ1) is 33.7. The monoisotopic (exact) mass is 900 g/mol. The van der Waals surface area contributed by atoms with Crippen molar-refractivity contribution in [3.8, 4) is 16.8 Å². The summed E-state index contributed by atoms with van der Waals surface area (Å²) < 4.78 is 4.99. The predicted molar refractivity (Wildman–Crippen MR) is 295 cm³/mol. The smallest absolute Gasteiger partial charge is 0.179 e. The summed E-state index contributed by atoms with van der Waals surface area (Å²) >= 11 is 1.88. The van der Waals surface area contributed by atoms with Crippen LogP contribution in [-0.2, 0) is 0 Å². The van der Waals surface area contributed by atoms with E-state index in [1.165, 1.54) is 84.6 Å². The van der Waals surface area contributed by atoms with Gasteiger partial charge < -0.3 is 9.47 Å². The number of anilines is 3. The average molecular weight is 901 g/mol. The molecule has 0 unspecified atom stereocenters. The first-order valence-electron chi connectivity index (χ1n) is 23.3. The van der Waals surface area contributed by atoms with Crippen LogP contribution in [-0.4, -0.2) is 12.6 Å². The van der Waals surface area contributed by atoms with Crippen LogP contribution in [0.3, 0.4) is 0 Å². The first-order valence-corrected chi connectivity index (χ1v) is 26.1. The molecule has 0 radical (unpaired) electrons. The minimum atomic E-state index is -2.71. The average Bonchev–Trinajstić information content (AvgIpc) is 3.97. The molecule has 2 aromatic heterocycles. The second-order valence-corrected chi connectivity index (χ2v) is 22.5. The Hall–Kier alpha value is -8.28. The summed E-state index contributed by atoms with van der Waals surface area (Å²) in [5.41, 5.74) is 9.24. The Morgan fingerprint density at radius 2 is 0.912 bits per heavy atom. The molecule has 0 atom stereocenters. The van der Waals surface area contributed by atoms with Crippen molar-refractivity contribution in [1.82, 2.24) is 4.57 Å². The van der Waals surface area contributed by atoms with E-state index in [0.29, 0.717) is 0 Å². The van der Waals surface area contributed by atoms with Crippen molar-refractivity contribution < 1.29 is 0 Å². The maximum Gasteiger partial charge on any atom is 0.179 e. The summed E-state index contributed by atoms with van der Waals surface area (Å²) in [5.74, 6) is 0.